The number of hydrogen-bond acceptors (Lipinski definition) is 4. The largest absolute Gasteiger partial charge is 0.496 e. The van der Waals surface area contributed by atoms with Gasteiger partial charge in [0.25, 0.3) is 5.91 Å². The normalized spacial score (nSPS) is 10.9. The molecule has 7 heteroatoms. The third-order valence-corrected chi connectivity index (χ3v) is 6.01. The number of aromatic nitrogens is 2. The summed E-state index contributed by atoms with van der Waals surface area (Å²) in [5.41, 5.74) is 2.51. The molecule has 0 unspecified atom stereocenters. The topological polar surface area (TPSA) is 65.3 Å². The molecule has 30 heavy (non-hydrogen) atoms. The van der Waals surface area contributed by atoms with Crippen molar-refractivity contribution in [3.05, 3.63) is 82.8 Å². The average Bonchev–Trinajstić information content (AvgIpc) is 2.98. The number of aryl methyl sites for hydroxylation is 2. The van der Waals surface area contributed by atoms with Crippen molar-refractivity contribution < 1.29 is 9.53 Å². The predicted octanol–water partition coefficient (Wildman–Crippen LogP) is 4.29. The molecular formula is C23H21N3O3S. The summed E-state index contributed by atoms with van der Waals surface area (Å²) in [6.45, 7) is 0. The van der Waals surface area contributed by atoms with E-state index in [1.54, 1.807) is 41.4 Å². The van der Waals surface area contributed by atoms with Gasteiger partial charge in [0, 0.05) is 23.9 Å². The Bertz CT molecular complexity index is 1290. The molecule has 1 aromatic heterocycles. The van der Waals surface area contributed by atoms with Crippen molar-refractivity contribution in [2.75, 3.05) is 12.4 Å². The second-order valence-electron chi connectivity index (χ2n) is 6.81. The molecule has 4 rings (SSSR count). The summed E-state index contributed by atoms with van der Waals surface area (Å²) in [5, 5.41) is 3.01. The van der Waals surface area contributed by atoms with Gasteiger partial charge in [-0.15, -0.1) is 0 Å². The number of methoxy groups -OCH3 is 1. The standard InChI is InChI=1S/C23H21N3O3S/c1-25-18-13-17(24-22(27)16-11-7-8-12-20(16)29-3)21(14-19(18)26(2)23(25)28)30-15-9-5-4-6-10-15/h4-14H,1-3H3,(H,24,27). The van der Waals surface area contributed by atoms with Crippen LogP contribution >= 0.6 is 11.8 Å². The summed E-state index contributed by atoms with van der Waals surface area (Å²) >= 11 is 1.53. The molecule has 0 aliphatic rings. The Kier molecular flexibility index (Phi) is 5.37. The second kappa shape index (κ2) is 8.12. The van der Waals surface area contributed by atoms with E-state index in [2.05, 4.69) is 5.32 Å². The molecule has 1 N–H and O–H groups in total. The quantitative estimate of drug-likeness (QED) is 0.524. The van der Waals surface area contributed by atoms with E-state index in [1.807, 2.05) is 48.5 Å². The Morgan fingerprint density at radius 1 is 0.933 bits per heavy atom. The summed E-state index contributed by atoms with van der Waals surface area (Å²) in [5.74, 6) is 0.225. The van der Waals surface area contributed by atoms with Crippen LogP contribution in [0.3, 0.4) is 0 Å². The van der Waals surface area contributed by atoms with Gasteiger partial charge in [0.15, 0.2) is 0 Å². The summed E-state index contributed by atoms with van der Waals surface area (Å²) in [4.78, 5) is 27.3. The molecule has 0 aliphatic heterocycles. The first kappa shape index (κ1) is 19.8. The van der Waals surface area contributed by atoms with E-state index in [0.717, 1.165) is 20.8 Å². The fourth-order valence-electron chi connectivity index (χ4n) is 3.35. The second-order valence-corrected chi connectivity index (χ2v) is 7.92. The van der Waals surface area contributed by atoms with Crippen LogP contribution in [0.25, 0.3) is 11.0 Å². The van der Waals surface area contributed by atoms with E-state index >= 15 is 0 Å². The van der Waals surface area contributed by atoms with Gasteiger partial charge in [0.1, 0.15) is 5.75 Å². The third kappa shape index (κ3) is 3.59. The highest BCUT2D eigenvalue weighted by Gasteiger charge is 2.17. The molecule has 0 saturated heterocycles. The zero-order valence-electron chi connectivity index (χ0n) is 16.9. The van der Waals surface area contributed by atoms with Crippen molar-refractivity contribution in [3.63, 3.8) is 0 Å². The van der Waals surface area contributed by atoms with Gasteiger partial charge < -0.3 is 10.1 Å². The van der Waals surface area contributed by atoms with Crippen LogP contribution in [0.15, 0.2) is 81.3 Å². The number of nitrogens with one attached hydrogen (secondary N) is 1. The van der Waals surface area contributed by atoms with Crippen molar-refractivity contribution in [2.45, 2.75) is 9.79 Å². The van der Waals surface area contributed by atoms with Crippen LogP contribution in [0, 0.1) is 0 Å². The maximum atomic E-state index is 13.0. The number of para-hydroxylation sites is 1. The fraction of sp³-hybridized carbons (Fsp3) is 0.130. The number of amides is 1. The van der Waals surface area contributed by atoms with Crippen molar-refractivity contribution in [1.82, 2.24) is 9.13 Å². The molecule has 0 aliphatic carbocycles. The van der Waals surface area contributed by atoms with Crippen LogP contribution in [0.2, 0.25) is 0 Å². The molecule has 6 nitrogen and oxygen atoms in total. The number of fused-ring (bicyclic) bond motifs is 1. The highest BCUT2D eigenvalue weighted by Crippen LogP contribution is 2.36. The van der Waals surface area contributed by atoms with Crippen molar-refractivity contribution >= 4 is 34.4 Å². The molecule has 1 heterocycles. The van der Waals surface area contributed by atoms with E-state index in [1.165, 1.54) is 18.9 Å². The molecule has 0 radical (unpaired) electrons. The minimum absolute atomic E-state index is 0.117. The summed E-state index contributed by atoms with van der Waals surface area (Å²) in [7, 11) is 5.00. The monoisotopic (exact) mass is 419 g/mol. The molecule has 0 saturated carbocycles. The molecule has 1 amide bonds. The van der Waals surface area contributed by atoms with Gasteiger partial charge >= 0.3 is 5.69 Å². The maximum Gasteiger partial charge on any atom is 0.328 e. The molecule has 0 bridgehead atoms. The predicted molar refractivity (Wildman–Crippen MR) is 120 cm³/mol. The third-order valence-electron chi connectivity index (χ3n) is 4.94. The summed E-state index contributed by atoms with van der Waals surface area (Å²) in [6.07, 6.45) is 0. The van der Waals surface area contributed by atoms with E-state index in [9.17, 15) is 9.59 Å². The number of carbonyl (C=O) groups is 1. The number of rotatable bonds is 5. The Balaban J connectivity index is 1.82. The van der Waals surface area contributed by atoms with Gasteiger partial charge in [0.05, 0.1) is 29.4 Å². The minimum atomic E-state index is -0.275. The number of benzene rings is 3. The van der Waals surface area contributed by atoms with E-state index < -0.39 is 0 Å². The van der Waals surface area contributed by atoms with Crippen molar-refractivity contribution in [1.29, 1.82) is 0 Å². The van der Waals surface area contributed by atoms with Crippen molar-refractivity contribution in [3.8, 4) is 5.75 Å². The number of imidazole rings is 1. The number of nitrogens with zero attached hydrogens (tertiary/aromatic N) is 2. The fourth-order valence-corrected chi connectivity index (χ4v) is 4.28. The zero-order chi connectivity index (χ0) is 21.3. The van der Waals surface area contributed by atoms with Crippen LogP contribution in [0.4, 0.5) is 5.69 Å². The molecule has 4 aromatic rings. The highest BCUT2D eigenvalue weighted by atomic mass is 32.2. The summed E-state index contributed by atoms with van der Waals surface area (Å²) in [6, 6.07) is 20.8. The van der Waals surface area contributed by atoms with E-state index in [4.69, 9.17) is 4.74 Å². The lowest BCUT2D eigenvalue weighted by Gasteiger charge is -2.13. The van der Waals surface area contributed by atoms with Gasteiger partial charge in [-0.2, -0.15) is 0 Å². The van der Waals surface area contributed by atoms with Crippen LogP contribution in [0.5, 0.6) is 5.75 Å². The van der Waals surface area contributed by atoms with Gasteiger partial charge in [-0.25, -0.2) is 4.79 Å². The molecule has 0 fully saturated rings. The first-order valence-electron chi connectivity index (χ1n) is 9.36. The molecule has 3 aromatic carbocycles. The number of hydrogen-bond donors (Lipinski definition) is 1. The molecule has 0 spiro atoms. The number of ether oxygens (including phenoxy) is 1. The minimum Gasteiger partial charge on any atom is -0.496 e. The number of anilines is 1. The lowest BCUT2D eigenvalue weighted by atomic mass is 10.1. The van der Waals surface area contributed by atoms with Gasteiger partial charge in [-0.1, -0.05) is 42.1 Å². The molecule has 152 valence electrons. The van der Waals surface area contributed by atoms with Crippen LogP contribution in [0.1, 0.15) is 10.4 Å². The van der Waals surface area contributed by atoms with E-state index in [-0.39, 0.29) is 11.6 Å². The van der Waals surface area contributed by atoms with Crippen LogP contribution in [-0.4, -0.2) is 22.2 Å². The van der Waals surface area contributed by atoms with Crippen LogP contribution in [-0.2, 0) is 14.1 Å². The SMILES string of the molecule is COc1ccccc1C(=O)Nc1cc2c(cc1Sc1ccccc1)n(C)c(=O)n2C. The Labute approximate surface area is 178 Å². The first-order chi connectivity index (χ1) is 14.5. The van der Waals surface area contributed by atoms with Crippen LogP contribution < -0.4 is 15.7 Å². The Morgan fingerprint density at radius 2 is 1.57 bits per heavy atom. The van der Waals surface area contributed by atoms with E-state index in [0.29, 0.717) is 17.0 Å². The number of carbonyl (C=O) groups excluding carboxylic acids is 1. The van der Waals surface area contributed by atoms with Gasteiger partial charge in [0.2, 0.25) is 0 Å². The molecule has 0 atom stereocenters. The van der Waals surface area contributed by atoms with Gasteiger partial charge in [-0.3, -0.25) is 13.9 Å². The average molecular weight is 420 g/mol. The Hall–Kier alpha value is -3.45. The molecular weight excluding hydrogens is 398 g/mol. The Morgan fingerprint density at radius 3 is 2.27 bits per heavy atom. The lowest BCUT2D eigenvalue weighted by Crippen LogP contribution is -2.19. The first-order valence-corrected chi connectivity index (χ1v) is 10.2. The zero-order valence-corrected chi connectivity index (χ0v) is 17.7. The summed E-state index contributed by atoms with van der Waals surface area (Å²) < 4.78 is 8.51. The smallest absolute Gasteiger partial charge is 0.328 e. The maximum absolute atomic E-state index is 13.0. The lowest BCUT2D eigenvalue weighted by molar-refractivity contribution is 0.102. The van der Waals surface area contributed by atoms with Gasteiger partial charge in [-0.05, 0) is 36.4 Å². The van der Waals surface area contributed by atoms with Crippen molar-refractivity contribution in [2.24, 2.45) is 14.1 Å². The highest BCUT2D eigenvalue weighted by molar-refractivity contribution is 7.99.